The highest BCUT2D eigenvalue weighted by Crippen LogP contribution is 2.55. The van der Waals surface area contributed by atoms with Gasteiger partial charge in [0.05, 0.1) is 6.16 Å². The van der Waals surface area contributed by atoms with Gasteiger partial charge in [0.25, 0.3) is 0 Å². The van der Waals surface area contributed by atoms with E-state index >= 15 is 0 Å². The van der Waals surface area contributed by atoms with Gasteiger partial charge in [-0.1, -0.05) is 66.4 Å². The summed E-state index contributed by atoms with van der Waals surface area (Å²) in [5, 5.41) is 4.42. The minimum atomic E-state index is -1.74. The second kappa shape index (κ2) is 10.8. The lowest BCUT2D eigenvalue weighted by Gasteiger charge is -2.27. The summed E-state index contributed by atoms with van der Waals surface area (Å²) in [6.45, 7) is 1.65. The highest BCUT2D eigenvalue weighted by atomic mass is 79.9. The molecule has 4 heteroatoms. The predicted octanol–water partition coefficient (Wildman–Crippen LogP) is 1.65. The Kier molecular flexibility index (Phi) is 8.76. The van der Waals surface area contributed by atoms with E-state index in [2.05, 4.69) is 91.0 Å². The Morgan fingerprint density at radius 1 is 0.741 bits per heavy atom. The molecule has 27 heavy (non-hydrogen) atoms. The van der Waals surface area contributed by atoms with E-state index in [1.165, 1.54) is 27.7 Å². The van der Waals surface area contributed by atoms with Crippen LogP contribution in [0.5, 0.6) is 0 Å². The molecule has 3 aromatic carbocycles. The van der Waals surface area contributed by atoms with E-state index < -0.39 is 7.26 Å². The number of thioether (sulfide) groups is 1. The average Bonchev–Trinajstić information content (AvgIpc) is 2.70. The molecular weight excluding hydrogens is 435 g/mol. The molecule has 0 fully saturated rings. The lowest BCUT2D eigenvalue weighted by atomic mass is 10.4. The molecule has 1 nitrogen and oxygen atoms in total. The molecule has 0 N–H and O–H groups in total. The van der Waals surface area contributed by atoms with Crippen LogP contribution in [0, 0.1) is 0 Å². The highest BCUT2D eigenvalue weighted by Gasteiger charge is 2.44. The topological polar surface area (TPSA) is 17.1 Å². The Morgan fingerprint density at radius 3 is 1.44 bits per heavy atom. The van der Waals surface area contributed by atoms with Crippen LogP contribution in [0.25, 0.3) is 0 Å². The van der Waals surface area contributed by atoms with Crippen LogP contribution in [-0.2, 0) is 4.79 Å². The fraction of sp³-hybridized carbons (Fsp3) is 0.174. The number of hydrogen-bond acceptors (Lipinski definition) is 2. The van der Waals surface area contributed by atoms with Gasteiger partial charge in [-0.15, -0.1) is 0 Å². The van der Waals surface area contributed by atoms with Crippen molar-refractivity contribution in [3.8, 4) is 0 Å². The van der Waals surface area contributed by atoms with Crippen molar-refractivity contribution in [2.45, 2.75) is 13.3 Å². The Bertz CT molecular complexity index is 728. The van der Waals surface area contributed by atoms with Gasteiger partial charge in [0.15, 0.2) is 5.12 Å². The fourth-order valence-corrected chi connectivity index (χ4v) is 8.53. The van der Waals surface area contributed by atoms with Crippen molar-refractivity contribution in [3.05, 3.63) is 91.0 Å². The fourth-order valence-electron chi connectivity index (χ4n) is 3.40. The minimum Gasteiger partial charge on any atom is -1.00 e. The molecule has 0 aliphatic rings. The SMILES string of the molecule is CC(=O)SCCC[P+](c1ccccc1)(c1ccccc1)c1ccccc1.[Br-]. The number of carbonyl (C=O) groups is 1. The van der Waals surface area contributed by atoms with Crippen molar-refractivity contribution in [2.75, 3.05) is 11.9 Å². The van der Waals surface area contributed by atoms with E-state index in [1.807, 2.05) is 0 Å². The normalized spacial score (nSPS) is 10.9. The summed E-state index contributed by atoms with van der Waals surface area (Å²) in [5.41, 5.74) is 0. The first-order chi connectivity index (χ1) is 12.7. The molecule has 140 valence electrons. The van der Waals surface area contributed by atoms with Crippen LogP contribution in [-0.4, -0.2) is 17.0 Å². The molecule has 0 aromatic heterocycles. The zero-order valence-corrected chi connectivity index (χ0v) is 18.7. The van der Waals surface area contributed by atoms with Crippen LogP contribution in [0.2, 0.25) is 0 Å². The summed E-state index contributed by atoms with van der Waals surface area (Å²) in [7, 11) is -1.74. The van der Waals surface area contributed by atoms with Crippen molar-refractivity contribution in [3.63, 3.8) is 0 Å². The molecule has 3 rings (SSSR count). The van der Waals surface area contributed by atoms with Gasteiger partial charge in [-0.05, 0) is 42.8 Å². The summed E-state index contributed by atoms with van der Waals surface area (Å²) < 4.78 is 0. The molecule has 0 bridgehead atoms. The number of rotatable bonds is 7. The van der Waals surface area contributed by atoms with Gasteiger partial charge in [-0.3, -0.25) is 4.79 Å². The number of halogens is 1. The molecule has 0 spiro atoms. The third-order valence-electron chi connectivity index (χ3n) is 4.53. The minimum absolute atomic E-state index is 0. The highest BCUT2D eigenvalue weighted by molar-refractivity contribution is 8.13. The first-order valence-electron chi connectivity index (χ1n) is 8.92. The van der Waals surface area contributed by atoms with Crippen molar-refractivity contribution < 1.29 is 21.8 Å². The van der Waals surface area contributed by atoms with Crippen LogP contribution in [0.3, 0.4) is 0 Å². The molecule has 0 unspecified atom stereocenters. The molecule has 3 aromatic rings. The third-order valence-corrected chi connectivity index (χ3v) is 9.96. The molecule has 0 aliphatic heterocycles. The van der Waals surface area contributed by atoms with Gasteiger partial charge in [-0.2, -0.15) is 0 Å². The molecule has 0 saturated heterocycles. The molecule has 0 atom stereocenters. The smallest absolute Gasteiger partial charge is 0.185 e. The van der Waals surface area contributed by atoms with Crippen LogP contribution in [0.1, 0.15) is 13.3 Å². The van der Waals surface area contributed by atoms with E-state index in [0.717, 1.165) is 18.3 Å². The molecule has 0 aliphatic carbocycles. The number of benzene rings is 3. The summed E-state index contributed by atoms with van der Waals surface area (Å²) in [5.74, 6) is 0.879. The first kappa shape index (κ1) is 21.9. The van der Waals surface area contributed by atoms with Crippen LogP contribution < -0.4 is 32.9 Å². The summed E-state index contributed by atoms with van der Waals surface area (Å²) in [4.78, 5) is 11.4. The lowest BCUT2D eigenvalue weighted by molar-refractivity contribution is -0.109. The second-order valence-electron chi connectivity index (χ2n) is 6.23. The van der Waals surface area contributed by atoms with Gasteiger partial charge >= 0.3 is 0 Å². The maximum atomic E-state index is 11.4. The zero-order valence-electron chi connectivity index (χ0n) is 15.4. The largest absolute Gasteiger partial charge is 1.00 e. The molecule has 0 radical (unpaired) electrons. The maximum Gasteiger partial charge on any atom is 0.185 e. The quantitative estimate of drug-likeness (QED) is 0.395. The monoisotopic (exact) mass is 458 g/mol. The van der Waals surface area contributed by atoms with Crippen LogP contribution in [0.4, 0.5) is 0 Å². The van der Waals surface area contributed by atoms with E-state index in [0.29, 0.717) is 0 Å². The average molecular weight is 459 g/mol. The Balaban J connectivity index is 0.00000261. The Hall–Kier alpha value is -1.41. The first-order valence-corrected chi connectivity index (χ1v) is 11.9. The van der Waals surface area contributed by atoms with Crippen molar-refractivity contribution >= 4 is 40.1 Å². The van der Waals surface area contributed by atoms with Gasteiger partial charge in [0.1, 0.15) is 23.2 Å². The lowest BCUT2D eigenvalue weighted by Crippen LogP contribution is -3.00. The van der Waals surface area contributed by atoms with Crippen molar-refractivity contribution in [2.24, 2.45) is 0 Å². The van der Waals surface area contributed by atoms with Gasteiger partial charge in [0.2, 0.25) is 0 Å². The van der Waals surface area contributed by atoms with Crippen molar-refractivity contribution in [1.82, 2.24) is 0 Å². The second-order valence-corrected chi connectivity index (χ2v) is 11.1. The zero-order chi connectivity index (χ0) is 18.2. The molecule has 0 heterocycles. The molecular formula is C23H24BrOPS. The number of carbonyl (C=O) groups excluding carboxylic acids is 1. The van der Waals surface area contributed by atoms with Gasteiger partial charge in [0, 0.05) is 12.7 Å². The van der Waals surface area contributed by atoms with Gasteiger partial charge in [-0.25, -0.2) is 0 Å². The summed E-state index contributed by atoms with van der Waals surface area (Å²) >= 11 is 1.44. The van der Waals surface area contributed by atoms with E-state index in [4.69, 9.17) is 0 Å². The van der Waals surface area contributed by atoms with E-state index in [9.17, 15) is 4.79 Å². The summed E-state index contributed by atoms with van der Waals surface area (Å²) in [6, 6.07) is 32.7. The Morgan fingerprint density at radius 2 is 1.11 bits per heavy atom. The van der Waals surface area contributed by atoms with E-state index in [-0.39, 0.29) is 22.1 Å². The molecule has 0 saturated carbocycles. The predicted molar refractivity (Wildman–Crippen MR) is 118 cm³/mol. The van der Waals surface area contributed by atoms with Crippen LogP contribution in [0.15, 0.2) is 91.0 Å². The number of hydrogen-bond donors (Lipinski definition) is 0. The van der Waals surface area contributed by atoms with E-state index in [1.54, 1.807) is 6.92 Å². The maximum absolute atomic E-state index is 11.4. The van der Waals surface area contributed by atoms with Crippen LogP contribution >= 0.6 is 19.0 Å². The van der Waals surface area contributed by atoms with Crippen molar-refractivity contribution in [1.29, 1.82) is 0 Å². The summed E-state index contributed by atoms with van der Waals surface area (Å²) in [6.07, 6.45) is 2.10. The Labute approximate surface area is 177 Å². The van der Waals surface area contributed by atoms with Gasteiger partial charge < -0.3 is 17.0 Å². The third kappa shape index (κ3) is 5.31. The molecule has 0 amide bonds. The standard InChI is InChI=1S/C23H24OPS.BrH/c1-20(24)26-19-11-18-25(21-12-5-2-6-13-21,22-14-7-3-8-15-22)23-16-9-4-10-17-23;/h2-10,12-17H,11,18-19H2,1H3;1H/q+1;/p-1.